The zero-order valence-electron chi connectivity index (χ0n) is 18.9. The molecule has 2 saturated heterocycles. The first-order valence-corrected chi connectivity index (χ1v) is 13.0. The molecule has 34 heavy (non-hydrogen) atoms. The number of carbonyl (C=O) groups excluding carboxylic acids is 1. The van der Waals surface area contributed by atoms with Gasteiger partial charge in [0.2, 0.25) is 22.7 Å². The van der Waals surface area contributed by atoms with Crippen molar-refractivity contribution >= 4 is 21.6 Å². The van der Waals surface area contributed by atoms with Gasteiger partial charge in [0, 0.05) is 44.3 Å². The van der Waals surface area contributed by atoms with Crippen molar-refractivity contribution in [1.82, 2.24) is 9.62 Å². The second-order valence-corrected chi connectivity index (χ2v) is 10.6. The molecule has 0 radical (unpaired) electrons. The molecule has 0 unspecified atom stereocenters. The minimum Gasteiger partial charge on any atom is -0.454 e. The molecule has 0 spiro atoms. The van der Waals surface area contributed by atoms with Gasteiger partial charge in [-0.1, -0.05) is 6.07 Å². The molecule has 0 aliphatic carbocycles. The topological polar surface area (TPSA) is 97.4 Å². The molecule has 0 aromatic heterocycles. The summed E-state index contributed by atoms with van der Waals surface area (Å²) in [5.41, 5.74) is 1.95. The maximum absolute atomic E-state index is 12.8. The molecule has 2 aromatic carbocycles. The average molecular weight is 488 g/mol. The summed E-state index contributed by atoms with van der Waals surface area (Å²) in [5, 5.41) is 3.04. The van der Waals surface area contributed by atoms with Gasteiger partial charge in [-0.3, -0.25) is 4.79 Å². The maximum atomic E-state index is 12.8. The highest BCUT2D eigenvalue weighted by molar-refractivity contribution is 7.89. The molecule has 0 bridgehead atoms. The van der Waals surface area contributed by atoms with Crippen molar-refractivity contribution in [3.63, 3.8) is 0 Å². The first-order chi connectivity index (χ1) is 16.5. The Morgan fingerprint density at radius 3 is 2.38 bits per heavy atom. The molecule has 3 aliphatic heterocycles. The molecular formula is C24H29N3O6S. The van der Waals surface area contributed by atoms with E-state index in [1.165, 1.54) is 4.31 Å². The highest BCUT2D eigenvalue weighted by Gasteiger charge is 2.28. The Labute approximate surface area is 199 Å². The Balaban J connectivity index is 1.12. The van der Waals surface area contributed by atoms with Crippen LogP contribution in [-0.2, 0) is 26.1 Å². The second-order valence-electron chi connectivity index (χ2n) is 8.68. The summed E-state index contributed by atoms with van der Waals surface area (Å²) in [7, 11) is -3.50. The number of carbonyl (C=O) groups is 1. The third-order valence-corrected chi connectivity index (χ3v) is 8.49. The zero-order valence-corrected chi connectivity index (χ0v) is 19.8. The van der Waals surface area contributed by atoms with E-state index in [1.807, 2.05) is 30.3 Å². The first kappa shape index (κ1) is 22.9. The Kier molecular flexibility index (Phi) is 6.62. The minimum absolute atomic E-state index is 0.0359. The minimum atomic E-state index is -3.50. The van der Waals surface area contributed by atoms with Gasteiger partial charge in [-0.2, -0.15) is 4.31 Å². The zero-order chi connectivity index (χ0) is 23.5. The van der Waals surface area contributed by atoms with E-state index in [0.717, 1.165) is 42.9 Å². The molecule has 2 aromatic rings. The van der Waals surface area contributed by atoms with E-state index in [4.69, 9.17) is 14.2 Å². The number of anilines is 1. The summed E-state index contributed by atoms with van der Waals surface area (Å²) in [6.07, 6.45) is 1.50. The average Bonchev–Trinajstić information content (AvgIpc) is 3.36. The van der Waals surface area contributed by atoms with E-state index in [1.54, 1.807) is 12.1 Å². The van der Waals surface area contributed by atoms with Crippen molar-refractivity contribution in [3.05, 3.63) is 48.0 Å². The number of benzene rings is 2. The van der Waals surface area contributed by atoms with Crippen LogP contribution in [0.15, 0.2) is 47.4 Å². The van der Waals surface area contributed by atoms with Crippen LogP contribution < -0.4 is 19.7 Å². The van der Waals surface area contributed by atoms with Gasteiger partial charge in [0.05, 0.1) is 18.1 Å². The molecule has 3 aliphatic rings. The van der Waals surface area contributed by atoms with Gasteiger partial charge in [-0.05, 0) is 54.8 Å². The van der Waals surface area contributed by atoms with Crippen LogP contribution in [0.4, 0.5) is 5.69 Å². The lowest BCUT2D eigenvalue weighted by Crippen LogP contribution is -2.41. The summed E-state index contributed by atoms with van der Waals surface area (Å²) < 4.78 is 43.1. The summed E-state index contributed by atoms with van der Waals surface area (Å²) in [4.78, 5) is 15.2. The van der Waals surface area contributed by atoms with E-state index in [9.17, 15) is 13.2 Å². The monoisotopic (exact) mass is 487 g/mol. The van der Waals surface area contributed by atoms with Gasteiger partial charge in [0.25, 0.3) is 0 Å². The Morgan fingerprint density at radius 1 is 0.941 bits per heavy atom. The molecule has 1 N–H and O–H groups in total. The third-order valence-electron chi connectivity index (χ3n) is 6.58. The number of piperidine rings is 1. The van der Waals surface area contributed by atoms with Crippen molar-refractivity contribution < 1.29 is 27.4 Å². The second kappa shape index (κ2) is 9.81. The first-order valence-electron chi connectivity index (χ1n) is 11.6. The van der Waals surface area contributed by atoms with Crippen LogP contribution in [0.1, 0.15) is 18.4 Å². The molecule has 3 heterocycles. The molecule has 9 nitrogen and oxygen atoms in total. The normalized spacial score (nSPS) is 19.2. The van der Waals surface area contributed by atoms with Crippen LogP contribution in [0.25, 0.3) is 0 Å². The number of rotatable bonds is 6. The van der Waals surface area contributed by atoms with Crippen molar-refractivity contribution in [2.24, 2.45) is 5.92 Å². The Bertz CT molecular complexity index is 1120. The fourth-order valence-electron chi connectivity index (χ4n) is 4.55. The lowest BCUT2D eigenvalue weighted by Gasteiger charge is -2.33. The van der Waals surface area contributed by atoms with Crippen LogP contribution in [0, 0.1) is 5.92 Å². The number of hydrogen-bond acceptors (Lipinski definition) is 7. The lowest BCUT2D eigenvalue weighted by atomic mass is 9.95. The number of morpholine rings is 1. The fraction of sp³-hybridized carbons (Fsp3) is 0.458. The molecule has 2 fully saturated rings. The number of nitrogens with one attached hydrogen (secondary N) is 1. The van der Waals surface area contributed by atoms with Crippen LogP contribution >= 0.6 is 0 Å². The van der Waals surface area contributed by atoms with Gasteiger partial charge in [-0.25, -0.2) is 8.42 Å². The van der Waals surface area contributed by atoms with Crippen LogP contribution in [0.3, 0.4) is 0 Å². The van der Waals surface area contributed by atoms with Crippen molar-refractivity contribution in [2.45, 2.75) is 24.3 Å². The van der Waals surface area contributed by atoms with E-state index >= 15 is 0 Å². The third kappa shape index (κ3) is 4.84. The molecule has 1 amide bonds. The van der Waals surface area contributed by atoms with Crippen molar-refractivity contribution in [3.8, 4) is 11.5 Å². The summed E-state index contributed by atoms with van der Waals surface area (Å²) in [5.74, 6) is 1.47. The predicted octanol–water partition coefficient (Wildman–Crippen LogP) is 1.97. The van der Waals surface area contributed by atoms with Crippen LogP contribution in [0.5, 0.6) is 11.5 Å². The molecule has 182 valence electrons. The summed E-state index contributed by atoms with van der Waals surface area (Å²) in [6, 6.07) is 12.7. The molecule has 10 heteroatoms. The standard InChI is InChI=1S/C24H29N3O6S/c28-24(25-16-18-1-6-22-23(15-18)33-17-32-22)19-7-9-26(10-8-19)20-2-4-21(5-3-20)34(29,30)27-11-13-31-14-12-27/h1-6,15,19H,7-14,16-17H2,(H,25,28). The number of hydrogen-bond donors (Lipinski definition) is 1. The number of amides is 1. The van der Waals surface area contributed by atoms with Gasteiger partial charge >= 0.3 is 0 Å². The molecule has 5 rings (SSSR count). The summed E-state index contributed by atoms with van der Waals surface area (Å²) in [6.45, 7) is 3.80. The van der Waals surface area contributed by atoms with E-state index in [0.29, 0.717) is 43.5 Å². The number of ether oxygens (including phenoxy) is 3. The fourth-order valence-corrected chi connectivity index (χ4v) is 5.96. The van der Waals surface area contributed by atoms with Crippen molar-refractivity contribution in [1.29, 1.82) is 0 Å². The van der Waals surface area contributed by atoms with E-state index in [2.05, 4.69) is 10.2 Å². The Morgan fingerprint density at radius 2 is 1.65 bits per heavy atom. The maximum Gasteiger partial charge on any atom is 0.243 e. The highest BCUT2D eigenvalue weighted by Crippen LogP contribution is 2.32. The van der Waals surface area contributed by atoms with E-state index < -0.39 is 10.0 Å². The largest absolute Gasteiger partial charge is 0.454 e. The van der Waals surface area contributed by atoms with Crippen LogP contribution in [-0.4, -0.2) is 64.8 Å². The predicted molar refractivity (Wildman–Crippen MR) is 125 cm³/mol. The van der Waals surface area contributed by atoms with Gasteiger partial charge < -0.3 is 24.4 Å². The summed E-state index contributed by atoms with van der Waals surface area (Å²) >= 11 is 0. The lowest BCUT2D eigenvalue weighted by molar-refractivity contribution is -0.125. The van der Waals surface area contributed by atoms with Gasteiger partial charge in [0.15, 0.2) is 11.5 Å². The SMILES string of the molecule is O=C(NCc1ccc2c(c1)OCO2)C1CCN(c2ccc(S(=O)(=O)N3CCOCC3)cc2)CC1. The van der Waals surface area contributed by atoms with E-state index in [-0.39, 0.29) is 18.6 Å². The molecule has 0 saturated carbocycles. The van der Waals surface area contributed by atoms with Gasteiger partial charge in [0.1, 0.15) is 0 Å². The van der Waals surface area contributed by atoms with Crippen molar-refractivity contribution in [2.75, 3.05) is 51.1 Å². The molecule has 0 atom stereocenters. The number of fused-ring (bicyclic) bond motifs is 1. The van der Waals surface area contributed by atoms with Gasteiger partial charge in [-0.15, -0.1) is 0 Å². The highest BCUT2D eigenvalue weighted by atomic mass is 32.2. The Hall–Kier alpha value is -2.82. The number of nitrogens with zero attached hydrogens (tertiary/aromatic N) is 2. The quantitative estimate of drug-likeness (QED) is 0.665. The number of sulfonamides is 1. The molecular weight excluding hydrogens is 458 g/mol. The smallest absolute Gasteiger partial charge is 0.243 e. The van der Waals surface area contributed by atoms with Crippen LogP contribution in [0.2, 0.25) is 0 Å².